The Bertz CT molecular complexity index is 334. The first-order valence-electron chi connectivity index (χ1n) is 5.39. The second-order valence-electron chi connectivity index (χ2n) is 4.46. The van der Waals surface area contributed by atoms with Gasteiger partial charge in [0, 0.05) is 18.8 Å². The van der Waals surface area contributed by atoms with Gasteiger partial charge in [-0.15, -0.1) is 0 Å². The third-order valence-corrected chi connectivity index (χ3v) is 2.95. The quantitative estimate of drug-likeness (QED) is 0.827. The Kier molecular flexibility index (Phi) is 3.56. The predicted octanol–water partition coefficient (Wildman–Crippen LogP) is 2.45. The fourth-order valence-electron chi connectivity index (χ4n) is 1.48. The summed E-state index contributed by atoms with van der Waals surface area (Å²) >= 11 is 0. The van der Waals surface area contributed by atoms with E-state index in [0.717, 1.165) is 17.2 Å². The van der Waals surface area contributed by atoms with Crippen LogP contribution in [-0.2, 0) is 0 Å². The van der Waals surface area contributed by atoms with Crippen LogP contribution in [0.5, 0.6) is 0 Å². The molecule has 84 valence electrons. The van der Waals surface area contributed by atoms with Crippen LogP contribution in [0.25, 0.3) is 0 Å². The normalized spacial score (nSPS) is 12.9. The zero-order valence-corrected chi connectivity index (χ0v) is 10.3. The van der Waals surface area contributed by atoms with Gasteiger partial charge in [0.2, 0.25) is 0 Å². The van der Waals surface area contributed by atoms with E-state index in [1.165, 1.54) is 0 Å². The van der Waals surface area contributed by atoms with E-state index in [-0.39, 0.29) is 0 Å². The standard InChI is InChI=1S/C12H21N3/c1-8(2)10(4)15(5)12-11(13)7-6-9(3)14-12/h6-8,10H,13H2,1-5H3. The van der Waals surface area contributed by atoms with Crippen LogP contribution < -0.4 is 10.6 Å². The van der Waals surface area contributed by atoms with Crippen molar-refractivity contribution in [2.75, 3.05) is 17.7 Å². The molecular formula is C12H21N3. The van der Waals surface area contributed by atoms with Crippen LogP contribution in [0.1, 0.15) is 26.5 Å². The lowest BCUT2D eigenvalue weighted by molar-refractivity contribution is 0.503. The monoisotopic (exact) mass is 207 g/mol. The second-order valence-corrected chi connectivity index (χ2v) is 4.46. The first kappa shape index (κ1) is 11.8. The number of nitrogen functional groups attached to an aromatic ring is 1. The van der Waals surface area contributed by atoms with Gasteiger partial charge in [-0.05, 0) is 31.9 Å². The third-order valence-electron chi connectivity index (χ3n) is 2.95. The minimum atomic E-state index is 0.432. The minimum Gasteiger partial charge on any atom is -0.396 e. The van der Waals surface area contributed by atoms with E-state index >= 15 is 0 Å². The zero-order valence-electron chi connectivity index (χ0n) is 10.3. The number of aromatic nitrogens is 1. The maximum Gasteiger partial charge on any atom is 0.152 e. The fraction of sp³-hybridized carbons (Fsp3) is 0.583. The Balaban J connectivity index is 2.99. The van der Waals surface area contributed by atoms with Crippen molar-refractivity contribution in [2.45, 2.75) is 33.7 Å². The molecule has 0 saturated heterocycles. The van der Waals surface area contributed by atoms with Gasteiger partial charge in [0.25, 0.3) is 0 Å². The lowest BCUT2D eigenvalue weighted by Gasteiger charge is -2.30. The number of aryl methyl sites for hydroxylation is 1. The molecule has 3 nitrogen and oxygen atoms in total. The van der Waals surface area contributed by atoms with Crippen LogP contribution >= 0.6 is 0 Å². The van der Waals surface area contributed by atoms with E-state index in [2.05, 4.69) is 30.7 Å². The van der Waals surface area contributed by atoms with E-state index in [0.29, 0.717) is 12.0 Å². The molecule has 0 fully saturated rings. The van der Waals surface area contributed by atoms with Gasteiger partial charge in [0.05, 0.1) is 5.69 Å². The Labute approximate surface area is 92.3 Å². The molecule has 0 radical (unpaired) electrons. The molecule has 1 unspecified atom stereocenters. The third kappa shape index (κ3) is 2.61. The number of nitrogens with zero attached hydrogens (tertiary/aromatic N) is 2. The summed E-state index contributed by atoms with van der Waals surface area (Å²) in [4.78, 5) is 6.62. The van der Waals surface area contributed by atoms with Gasteiger partial charge in [-0.2, -0.15) is 0 Å². The highest BCUT2D eigenvalue weighted by molar-refractivity contribution is 5.62. The van der Waals surface area contributed by atoms with Crippen LogP contribution in [-0.4, -0.2) is 18.1 Å². The van der Waals surface area contributed by atoms with Gasteiger partial charge in [0.15, 0.2) is 5.82 Å². The number of pyridine rings is 1. The summed E-state index contributed by atoms with van der Waals surface area (Å²) in [5.41, 5.74) is 7.67. The fourth-order valence-corrected chi connectivity index (χ4v) is 1.48. The molecule has 1 heterocycles. The highest BCUT2D eigenvalue weighted by atomic mass is 15.2. The van der Waals surface area contributed by atoms with E-state index in [1.807, 2.05) is 26.1 Å². The molecule has 0 aliphatic heterocycles. The van der Waals surface area contributed by atoms with Crippen LogP contribution in [0.3, 0.4) is 0 Å². The average Bonchev–Trinajstić information content (AvgIpc) is 2.19. The maximum absolute atomic E-state index is 5.92. The molecular weight excluding hydrogens is 186 g/mol. The molecule has 3 heteroatoms. The highest BCUT2D eigenvalue weighted by Gasteiger charge is 2.16. The van der Waals surface area contributed by atoms with Crippen molar-refractivity contribution < 1.29 is 0 Å². The summed E-state index contributed by atoms with van der Waals surface area (Å²) in [5.74, 6) is 1.47. The topological polar surface area (TPSA) is 42.1 Å². The Hall–Kier alpha value is -1.25. The predicted molar refractivity (Wildman–Crippen MR) is 66.1 cm³/mol. The molecule has 2 N–H and O–H groups in total. The molecule has 1 aromatic heterocycles. The Morgan fingerprint density at radius 2 is 1.87 bits per heavy atom. The molecule has 0 spiro atoms. The van der Waals surface area contributed by atoms with E-state index in [1.54, 1.807) is 0 Å². The number of nitrogens with two attached hydrogens (primary N) is 1. The lowest BCUT2D eigenvalue weighted by Crippen LogP contribution is -2.34. The maximum atomic E-state index is 5.92. The first-order valence-corrected chi connectivity index (χ1v) is 5.39. The number of anilines is 2. The number of hydrogen-bond acceptors (Lipinski definition) is 3. The van der Waals surface area contributed by atoms with Gasteiger partial charge in [-0.1, -0.05) is 13.8 Å². The zero-order chi connectivity index (χ0) is 11.6. The molecule has 1 aromatic rings. The summed E-state index contributed by atoms with van der Waals surface area (Å²) < 4.78 is 0. The van der Waals surface area contributed by atoms with E-state index < -0.39 is 0 Å². The average molecular weight is 207 g/mol. The molecule has 0 aliphatic rings. The minimum absolute atomic E-state index is 0.432. The number of rotatable bonds is 3. The van der Waals surface area contributed by atoms with Crippen LogP contribution in [0.2, 0.25) is 0 Å². The van der Waals surface area contributed by atoms with E-state index in [4.69, 9.17) is 5.73 Å². The first-order chi connectivity index (χ1) is 6.93. The van der Waals surface area contributed by atoms with Gasteiger partial charge in [-0.25, -0.2) is 4.98 Å². The van der Waals surface area contributed by atoms with Crippen molar-refractivity contribution in [3.05, 3.63) is 17.8 Å². The van der Waals surface area contributed by atoms with Gasteiger partial charge in [-0.3, -0.25) is 0 Å². The van der Waals surface area contributed by atoms with Gasteiger partial charge in [0.1, 0.15) is 0 Å². The Morgan fingerprint density at radius 1 is 1.27 bits per heavy atom. The largest absolute Gasteiger partial charge is 0.396 e. The van der Waals surface area contributed by atoms with Crippen LogP contribution in [0.15, 0.2) is 12.1 Å². The molecule has 1 atom stereocenters. The summed E-state index contributed by atoms with van der Waals surface area (Å²) in [5, 5.41) is 0. The highest BCUT2D eigenvalue weighted by Crippen LogP contribution is 2.23. The van der Waals surface area contributed by atoms with Crippen molar-refractivity contribution in [1.82, 2.24) is 4.98 Å². The summed E-state index contributed by atoms with van der Waals surface area (Å²) in [6.45, 7) is 8.57. The molecule has 0 aliphatic carbocycles. The van der Waals surface area contributed by atoms with Crippen LogP contribution in [0, 0.1) is 12.8 Å². The summed E-state index contributed by atoms with van der Waals surface area (Å²) in [6, 6.07) is 4.29. The molecule has 0 amide bonds. The van der Waals surface area contributed by atoms with Crippen LogP contribution in [0.4, 0.5) is 11.5 Å². The molecule has 0 saturated carbocycles. The lowest BCUT2D eigenvalue weighted by atomic mass is 10.1. The van der Waals surface area contributed by atoms with Crippen molar-refractivity contribution in [1.29, 1.82) is 0 Å². The molecule has 1 rings (SSSR count). The number of hydrogen-bond donors (Lipinski definition) is 1. The summed E-state index contributed by atoms with van der Waals surface area (Å²) in [7, 11) is 2.04. The van der Waals surface area contributed by atoms with Crippen molar-refractivity contribution >= 4 is 11.5 Å². The van der Waals surface area contributed by atoms with Crippen molar-refractivity contribution in [3.8, 4) is 0 Å². The van der Waals surface area contributed by atoms with Crippen molar-refractivity contribution in [3.63, 3.8) is 0 Å². The van der Waals surface area contributed by atoms with Gasteiger partial charge < -0.3 is 10.6 Å². The summed E-state index contributed by atoms with van der Waals surface area (Å²) in [6.07, 6.45) is 0. The van der Waals surface area contributed by atoms with Crippen molar-refractivity contribution in [2.24, 2.45) is 5.92 Å². The SMILES string of the molecule is Cc1ccc(N)c(N(C)C(C)C(C)C)n1. The molecule has 0 aromatic carbocycles. The second kappa shape index (κ2) is 4.51. The smallest absolute Gasteiger partial charge is 0.152 e. The molecule has 15 heavy (non-hydrogen) atoms. The Morgan fingerprint density at radius 3 is 2.40 bits per heavy atom. The van der Waals surface area contributed by atoms with E-state index in [9.17, 15) is 0 Å². The van der Waals surface area contributed by atoms with Gasteiger partial charge >= 0.3 is 0 Å². The molecule has 0 bridgehead atoms.